The van der Waals surface area contributed by atoms with Gasteiger partial charge in [0.05, 0.1) is 17.7 Å². The zero-order valence-electron chi connectivity index (χ0n) is 12.4. The highest BCUT2D eigenvalue weighted by Gasteiger charge is 2.25. The zero-order valence-corrected chi connectivity index (χ0v) is 12.4. The fourth-order valence-corrected chi connectivity index (χ4v) is 3.27. The second-order valence-electron chi connectivity index (χ2n) is 5.96. The lowest BCUT2D eigenvalue weighted by Crippen LogP contribution is -2.42. The summed E-state index contributed by atoms with van der Waals surface area (Å²) in [5.41, 5.74) is 2.54. The quantitative estimate of drug-likeness (QED) is 0.743. The summed E-state index contributed by atoms with van der Waals surface area (Å²) in [7, 11) is 0. The number of amides is 1. The minimum absolute atomic E-state index is 0.0871. The summed E-state index contributed by atoms with van der Waals surface area (Å²) in [6.07, 6.45) is 4.44. The molecule has 0 saturated heterocycles. The Labute approximate surface area is 124 Å². The third-order valence-corrected chi connectivity index (χ3v) is 4.42. The Kier molecular flexibility index (Phi) is 3.97. The monoisotopic (exact) mass is 286 g/mol. The molecule has 0 spiro atoms. The lowest BCUT2D eigenvalue weighted by Gasteiger charge is -2.21. The molecule has 2 unspecified atom stereocenters. The van der Waals surface area contributed by atoms with E-state index < -0.39 is 6.10 Å². The number of benzene rings is 1. The molecular weight excluding hydrogens is 264 g/mol. The van der Waals surface area contributed by atoms with Gasteiger partial charge < -0.3 is 15.4 Å². The first-order chi connectivity index (χ1) is 10.2. The van der Waals surface area contributed by atoms with Gasteiger partial charge in [-0.3, -0.25) is 4.79 Å². The van der Waals surface area contributed by atoms with Gasteiger partial charge in [-0.1, -0.05) is 37.5 Å². The molecule has 1 fully saturated rings. The van der Waals surface area contributed by atoms with Crippen molar-refractivity contribution in [1.29, 1.82) is 0 Å². The minimum Gasteiger partial charge on any atom is -0.391 e. The van der Waals surface area contributed by atoms with Crippen LogP contribution in [0.15, 0.2) is 24.3 Å². The van der Waals surface area contributed by atoms with Crippen molar-refractivity contribution >= 4 is 16.8 Å². The zero-order chi connectivity index (χ0) is 14.8. The Bertz CT molecular complexity index is 647. The number of H-pyrrole nitrogens is 1. The molecule has 0 bridgehead atoms. The van der Waals surface area contributed by atoms with E-state index in [1.54, 1.807) is 0 Å². The van der Waals surface area contributed by atoms with Gasteiger partial charge in [0.15, 0.2) is 0 Å². The van der Waals surface area contributed by atoms with Crippen molar-refractivity contribution in [3.63, 3.8) is 0 Å². The standard InChI is InChI=1S/C17H22N2O2/c1-11-16(12-7-5-6-8-13(12)18-11)17(21)19-14-9-3-2-4-10-15(14)20/h5-8,14-15,18,20H,2-4,9-10H2,1H3,(H,19,21). The average Bonchev–Trinajstić information content (AvgIpc) is 2.67. The lowest BCUT2D eigenvalue weighted by molar-refractivity contribution is 0.0819. The molecule has 4 nitrogen and oxygen atoms in total. The van der Waals surface area contributed by atoms with Crippen LogP contribution in [0.3, 0.4) is 0 Å². The molecule has 4 heteroatoms. The van der Waals surface area contributed by atoms with Crippen LogP contribution in [0.25, 0.3) is 10.9 Å². The Balaban J connectivity index is 1.85. The third kappa shape index (κ3) is 2.81. The third-order valence-electron chi connectivity index (χ3n) is 4.42. The number of aromatic amines is 1. The van der Waals surface area contributed by atoms with Crippen LogP contribution in [0.5, 0.6) is 0 Å². The van der Waals surface area contributed by atoms with Crippen LogP contribution in [-0.2, 0) is 0 Å². The normalized spacial score (nSPS) is 23.0. The predicted octanol–water partition coefficient (Wildman–Crippen LogP) is 2.90. The van der Waals surface area contributed by atoms with Gasteiger partial charge in [-0.05, 0) is 25.8 Å². The molecule has 112 valence electrons. The van der Waals surface area contributed by atoms with Crippen molar-refractivity contribution in [3.05, 3.63) is 35.5 Å². The molecule has 21 heavy (non-hydrogen) atoms. The van der Waals surface area contributed by atoms with E-state index in [1.807, 2.05) is 31.2 Å². The number of hydrogen-bond donors (Lipinski definition) is 3. The van der Waals surface area contributed by atoms with Crippen molar-refractivity contribution in [2.45, 2.75) is 51.2 Å². The van der Waals surface area contributed by atoms with Gasteiger partial charge in [-0.25, -0.2) is 0 Å². The van der Waals surface area contributed by atoms with Crippen LogP contribution < -0.4 is 5.32 Å². The van der Waals surface area contributed by atoms with E-state index in [0.717, 1.165) is 48.7 Å². The number of para-hydroxylation sites is 1. The first kappa shape index (κ1) is 14.1. The van der Waals surface area contributed by atoms with Gasteiger partial charge >= 0.3 is 0 Å². The van der Waals surface area contributed by atoms with Crippen LogP contribution in [0, 0.1) is 6.92 Å². The highest BCUT2D eigenvalue weighted by Crippen LogP contribution is 2.23. The van der Waals surface area contributed by atoms with E-state index in [-0.39, 0.29) is 11.9 Å². The maximum absolute atomic E-state index is 12.6. The summed E-state index contributed by atoms with van der Waals surface area (Å²) in [6, 6.07) is 7.69. The molecule has 2 aromatic rings. The minimum atomic E-state index is -0.429. The molecule has 1 amide bonds. The number of nitrogens with one attached hydrogen (secondary N) is 2. The molecule has 0 aliphatic heterocycles. The Morgan fingerprint density at radius 2 is 2.00 bits per heavy atom. The smallest absolute Gasteiger partial charge is 0.254 e. The van der Waals surface area contributed by atoms with Crippen LogP contribution in [-0.4, -0.2) is 28.1 Å². The van der Waals surface area contributed by atoms with Crippen LogP contribution >= 0.6 is 0 Å². The second-order valence-corrected chi connectivity index (χ2v) is 5.96. The van der Waals surface area contributed by atoms with E-state index in [9.17, 15) is 9.90 Å². The molecule has 3 N–H and O–H groups in total. The number of rotatable bonds is 2. The van der Waals surface area contributed by atoms with Crippen LogP contribution in [0.2, 0.25) is 0 Å². The van der Waals surface area contributed by atoms with Gasteiger partial charge in [-0.15, -0.1) is 0 Å². The van der Waals surface area contributed by atoms with Gasteiger partial charge in [-0.2, -0.15) is 0 Å². The SMILES string of the molecule is Cc1[nH]c2ccccc2c1C(=O)NC1CCCCCC1O. The summed E-state index contributed by atoms with van der Waals surface area (Å²) in [6.45, 7) is 1.92. The number of aryl methyl sites for hydroxylation is 1. The van der Waals surface area contributed by atoms with Gasteiger partial charge in [0.2, 0.25) is 0 Å². The van der Waals surface area contributed by atoms with Crippen molar-refractivity contribution in [3.8, 4) is 0 Å². The van der Waals surface area contributed by atoms with Crippen LogP contribution in [0.1, 0.15) is 48.2 Å². The van der Waals surface area contributed by atoms with Crippen molar-refractivity contribution in [2.24, 2.45) is 0 Å². The van der Waals surface area contributed by atoms with Gasteiger partial charge in [0.25, 0.3) is 5.91 Å². The predicted molar refractivity (Wildman–Crippen MR) is 83.4 cm³/mol. The average molecular weight is 286 g/mol. The number of hydrogen-bond acceptors (Lipinski definition) is 2. The topological polar surface area (TPSA) is 65.1 Å². The van der Waals surface area contributed by atoms with Gasteiger partial charge in [0, 0.05) is 16.6 Å². The Hall–Kier alpha value is -1.81. The molecule has 1 aliphatic carbocycles. The number of aliphatic hydroxyl groups is 1. The van der Waals surface area contributed by atoms with E-state index in [1.165, 1.54) is 0 Å². The van der Waals surface area contributed by atoms with Crippen molar-refractivity contribution in [2.75, 3.05) is 0 Å². The molecule has 0 radical (unpaired) electrons. The number of fused-ring (bicyclic) bond motifs is 1. The molecule has 3 rings (SSSR count). The van der Waals surface area contributed by atoms with E-state index >= 15 is 0 Å². The lowest BCUT2D eigenvalue weighted by atomic mass is 10.0. The maximum atomic E-state index is 12.6. The first-order valence-corrected chi connectivity index (χ1v) is 7.73. The van der Waals surface area contributed by atoms with E-state index in [0.29, 0.717) is 5.56 Å². The highest BCUT2D eigenvalue weighted by molar-refractivity contribution is 6.08. The maximum Gasteiger partial charge on any atom is 0.254 e. The Morgan fingerprint density at radius 1 is 1.24 bits per heavy atom. The highest BCUT2D eigenvalue weighted by atomic mass is 16.3. The number of carbonyl (C=O) groups excluding carboxylic acids is 1. The molecular formula is C17H22N2O2. The fourth-order valence-electron chi connectivity index (χ4n) is 3.27. The fraction of sp³-hybridized carbons (Fsp3) is 0.471. The summed E-state index contributed by atoms with van der Waals surface area (Å²) >= 11 is 0. The molecule has 1 heterocycles. The Morgan fingerprint density at radius 3 is 2.86 bits per heavy atom. The second kappa shape index (κ2) is 5.90. The summed E-state index contributed by atoms with van der Waals surface area (Å²) in [4.78, 5) is 15.9. The molecule has 1 aliphatic rings. The van der Waals surface area contributed by atoms with Gasteiger partial charge in [0.1, 0.15) is 0 Å². The summed E-state index contributed by atoms with van der Waals surface area (Å²) < 4.78 is 0. The van der Waals surface area contributed by atoms with Crippen LogP contribution in [0.4, 0.5) is 0 Å². The molecule has 1 saturated carbocycles. The van der Waals surface area contributed by atoms with E-state index in [2.05, 4.69) is 10.3 Å². The largest absolute Gasteiger partial charge is 0.391 e. The molecule has 1 aromatic heterocycles. The van der Waals surface area contributed by atoms with Crippen molar-refractivity contribution < 1.29 is 9.90 Å². The number of aromatic nitrogens is 1. The van der Waals surface area contributed by atoms with Crippen molar-refractivity contribution in [1.82, 2.24) is 10.3 Å². The molecule has 2 atom stereocenters. The number of carbonyl (C=O) groups is 1. The summed E-state index contributed by atoms with van der Waals surface area (Å²) in [5, 5.41) is 14.1. The number of aliphatic hydroxyl groups excluding tert-OH is 1. The van der Waals surface area contributed by atoms with E-state index in [4.69, 9.17) is 0 Å². The molecule has 1 aromatic carbocycles. The summed E-state index contributed by atoms with van der Waals surface area (Å²) in [5.74, 6) is -0.0871. The first-order valence-electron chi connectivity index (χ1n) is 7.73.